The van der Waals surface area contributed by atoms with E-state index in [-0.39, 0.29) is 6.42 Å². The Bertz CT molecular complexity index is 954. The van der Waals surface area contributed by atoms with E-state index in [2.05, 4.69) is 0 Å². The molecular formula is C14H22FN2O9PS. The lowest BCUT2D eigenvalue weighted by Gasteiger charge is -2.22. The van der Waals surface area contributed by atoms with Gasteiger partial charge in [-0.05, 0) is 20.3 Å². The zero-order valence-electron chi connectivity index (χ0n) is 15.1. The van der Waals surface area contributed by atoms with E-state index in [4.69, 9.17) is 19.3 Å². The summed E-state index contributed by atoms with van der Waals surface area (Å²) >= 11 is 0. The highest BCUT2D eigenvalue weighted by Crippen LogP contribution is 2.38. The van der Waals surface area contributed by atoms with Crippen molar-refractivity contribution in [2.75, 3.05) is 11.2 Å². The molecule has 1 fully saturated rings. The molecule has 1 aliphatic rings. The minimum absolute atomic E-state index is 0.297. The van der Waals surface area contributed by atoms with E-state index < -0.39 is 70.6 Å². The molecule has 2 rings (SSSR count). The summed E-state index contributed by atoms with van der Waals surface area (Å²) < 4.78 is 61.5. The molecule has 0 saturated carbocycles. The smallest absolute Gasteiger partial charge is 0.340 e. The van der Waals surface area contributed by atoms with Gasteiger partial charge in [-0.3, -0.25) is 18.9 Å². The summed E-state index contributed by atoms with van der Waals surface area (Å²) in [5, 5.41) is 0. The highest BCUT2D eigenvalue weighted by Gasteiger charge is 2.47. The van der Waals surface area contributed by atoms with Crippen molar-refractivity contribution >= 4 is 17.4 Å². The zero-order chi connectivity index (χ0) is 21.3. The fourth-order valence-corrected chi connectivity index (χ4v) is 6.03. The van der Waals surface area contributed by atoms with E-state index in [1.54, 1.807) is 13.8 Å². The number of aromatic nitrogens is 2. The van der Waals surface area contributed by atoms with Gasteiger partial charge in [-0.1, -0.05) is 0 Å². The first-order chi connectivity index (χ1) is 12.8. The summed E-state index contributed by atoms with van der Waals surface area (Å²) in [5.74, 6) is -0.666. The van der Waals surface area contributed by atoms with Crippen LogP contribution < -0.4 is 11.2 Å². The third kappa shape index (κ3) is 6.06. The molecule has 0 amide bonds. The van der Waals surface area contributed by atoms with Crippen LogP contribution >= 0.6 is 7.60 Å². The van der Waals surface area contributed by atoms with Crippen LogP contribution in [0.4, 0.5) is 4.39 Å². The first kappa shape index (κ1) is 22.9. The molecule has 0 bridgehead atoms. The number of alkyl halides is 1. The van der Waals surface area contributed by atoms with Crippen molar-refractivity contribution in [3.05, 3.63) is 33.1 Å². The molecule has 0 spiro atoms. The largest absolute Gasteiger partial charge is 0.370 e. The lowest BCUT2D eigenvalue weighted by Crippen LogP contribution is -2.37. The maximum atomic E-state index is 14.9. The standard InChI is InChI=1S/C14H22FN2O9PS/c1-8(2)25-12-9(4-6-28(23,24)7-27(20,21)22)26-13(11(12)15)17-5-3-10(18)16-14(17)19/h3,5,8-9,11-13H,4,6-7H2,1-2H3,(H,16,18,19)(H2,20,21,22)/t9-,11-,12-,13?/m1/s1. The van der Waals surface area contributed by atoms with Gasteiger partial charge in [0.15, 0.2) is 27.7 Å². The number of sulfone groups is 1. The van der Waals surface area contributed by atoms with E-state index in [1.165, 1.54) is 0 Å². The van der Waals surface area contributed by atoms with Crippen molar-refractivity contribution in [1.29, 1.82) is 0 Å². The van der Waals surface area contributed by atoms with Gasteiger partial charge in [0.2, 0.25) is 0 Å². The Labute approximate surface area is 159 Å². The summed E-state index contributed by atoms with van der Waals surface area (Å²) in [5.41, 5.74) is -2.91. The minimum atomic E-state index is -4.78. The average molecular weight is 444 g/mol. The summed E-state index contributed by atoms with van der Waals surface area (Å²) in [6.07, 6.45) is -5.29. The van der Waals surface area contributed by atoms with Crippen LogP contribution in [0.5, 0.6) is 0 Å². The number of nitrogens with one attached hydrogen (secondary N) is 1. The molecule has 14 heteroatoms. The number of hydrogen-bond acceptors (Lipinski definition) is 7. The molecular weight excluding hydrogens is 422 g/mol. The SMILES string of the molecule is CC(C)O[C@@H]1[C@@H](CCS(=O)(=O)CP(=O)(O)O)OC(n2ccc(=O)[nH]c2=O)[C@@H]1F. The molecule has 1 aromatic rings. The lowest BCUT2D eigenvalue weighted by atomic mass is 10.1. The van der Waals surface area contributed by atoms with Crippen molar-refractivity contribution in [2.45, 2.75) is 51.0 Å². The molecule has 4 atom stereocenters. The summed E-state index contributed by atoms with van der Waals surface area (Å²) in [4.78, 5) is 42.8. The molecule has 28 heavy (non-hydrogen) atoms. The summed E-state index contributed by atoms with van der Waals surface area (Å²) in [6, 6.07) is 1.01. The molecule has 0 aliphatic carbocycles. The predicted octanol–water partition coefficient (Wildman–Crippen LogP) is -0.494. The number of hydrogen-bond donors (Lipinski definition) is 3. The van der Waals surface area contributed by atoms with Crippen molar-refractivity contribution in [3.8, 4) is 0 Å². The first-order valence-corrected chi connectivity index (χ1v) is 11.9. The maximum absolute atomic E-state index is 14.9. The normalized spacial score (nSPS) is 26.1. The maximum Gasteiger partial charge on any atom is 0.340 e. The second-order valence-corrected chi connectivity index (χ2v) is 11.0. The van der Waals surface area contributed by atoms with Crippen molar-refractivity contribution < 1.29 is 36.6 Å². The zero-order valence-corrected chi connectivity index (χ0v) is 16.8. The quantitative estimate of drug-likeness (QED) is 0.448. The number of nitrogens with zero attached hydrogens (tertiary/aromatic N) is 1. The van der Waals surface area contributed by atoms with E-state index in [0.29, 0.717) is 0 Å². The van der Waals surface area contributed by atoms with E-state index >= 15 is 0 Å². The highest BCUT2D eigenvalue weighted by atomic mass is 32.2. The highest BCUT2D eigenvalue weighted by molar-refractivity contribution is 7.97. The van der Waals surface area contributed by atoms with Crippen LogP contribution in [0, 0.1) is 0 Å². The number of halogens is 1. The molecule has 1 aliphatic heterocycles. The van der Waals surface area contributed by atoms with Gasteiger partial charge < -0.3 is 19.3 Å². The molecule has 1 aromatic heterocycles. The van der Waals surface area contributed by atoms with E-state index in [9.17, 15) is 27.0 Å². The summed E-state index contributed by atoms with van der Waals surface area (Å²) in [7, 11) is -8.91. The monoisotopic (exact) mass is 444 g/mol. The number of aromatic amines is 1. The predicted molar refractivity (Wildman–Crippen MR) is 95.5 cm³/mol. The Morgan fingerprint density at radius 3 is 2.57 bits per heavy atom. The van der Waals surface area contributed by atoms with Gasteiger partial charge in [-0.25, -0.2) is 17.6 Å². The summed E-state index contributed by atoms with van der Waals surface area (Å²) in [6.45, 7) is 3.27. The topological polar surface area (TPSA) is 165 Å². The lowest BCUT2D eigenvalue weighted by molar-refractivity contribution is -0.0581. The molecule has 0 radical (unpaired) electrons. The Balaban J connectivity index is 2.23. The average Bonchev–Trinajstić information content (AvgIpc) is 2.79. The van der Waals surface area contributed by atoms with Crippen LogP contribution in [-0.4, -0.2) is 63.5 Å². The van der Waals surface area contributed by atoms with Crippen molar-refractivity contribution in [1.82, 2.24) is 9.55 Å². The second kappa shape index (κ2) is 8.56. The van der Waals surface area contributed by atoms with Crippen molar-refractivity contribution in [3.63, 3.8) is 0 Å². The van der Waals surface area contributed by atoms with Crippen LogP contribution in [0.3, 0.4) is 0 Å². The van der Waals surface area contributed by atoms with Gasteiger partial charge in [0.05, 0.1) is 18.0 Å². The Morgan fingerprint density at radius 1 is 1.39 bits per heavy atom. The number of ether oxygens (including phenoxy) is 2. The van der Waals surface area contributed by atoms with Gasteiger partial charge in [-0.15, -0.1) is 0 Å². The van der Waals surface area contributed by atoms with Crippen LogP contribution in [0.1, 0.15) is 26.5 Å². The van der Waals surface area contributed by atoms with Gasteiger partial charge in [0, 0.05) is 12.3 Å². The van der Waals surface area contributed by atoms with Gasteiger partial charge in [0.1, 0.15) is 6.10 Å². The van der Waals surface area contributed by atoms with Crippen LogP contribution in [0.25, 0.3) is 0 Å². The van der Waals surface area contributed by atoms with Crippen molar-refractivity contribution in [2.24, 2.45) is 0 Å². The second-order valence-electron chi connectivity index (χ2n) is 6.71. The third-order valence-electron chi connectivity index (χ3n) is 3.90. The Morgan fingerprint density at radius 2 is 2.04 bits per heavy atom. The van der Waals surface area contributed by atoms with Gasteiger partial charge >= 0.3 is 13.3 Å². The van der Waals surface area contributed by atoms with Crippen LogP contribution in [0.15, 0.2) is 21.9 Å². The van der Waals surface area contributed by atoms with E-state index in [0.717, 1.165) is 16.8 Å². The molecule has 2 heterocycles. The third-order valence-corrected chi connectivity index (χ3v) is 7.68. The fraction of sp³-hybridized carbons (Fsp3) is 0.714. The molecule has 0 aromatic carbocycles. The Hall–Kier alpha value is -1.37. The minimum Gasteiger partial charge on any atom is -0.370 e. The van der Waals surface area contributed by atoms with Crippen LogP contribution in [0.2, 0.25) is 0 Å². The molecule has 1 saturated heterocycles. The Kier molecular flexibility index (Phi) is 7.00. The number of rotatable bonds is 8. The van der Waals surface area contributed by atoms with E-state index in [1.807, 2.05) is 4.98 Å². The first-order valence-electron chi connectivity index (χ1n) is 8.30. The van der Waals surface area contributed by atoms with Gasteiger partial charge in [0.25, 0.3) is 5.56 Å². The van der Waals surface area contributed by atoms with Crippen LogP contribution in [-0.2, 0) is 23.9 Å². The fourth-order valence-electron chi connectivity index (χ4n) is 2.87. The molecule has 1 unspecified atom stereocenters. The molecule has 11 nitrogen and oxygen atoms in total. The van der Waals surface area contributed by atoms with Gasteiger partial charge in [-0.2, -0.15) is 0 Å². The number of H-pyrrole nitrogens is 1. The molecule has 160 valence electrons. The molecule has 3 N–H and O–H groups in total.